The Hall–Kier alpha value is -1.85. The minimum atomic E-state index is -0.764. The molecule has 0 N–H and O–H groups in total. The SMILES string of the molecule is CCCCCCCCC/C=C\CCCCCCCCCC(=O)OCC(COC(=O)CCCCCCCCCC)OC(=O)CCCCCCCCCCCCCCCCCCC. The summed E-state index contributed by atoms with van der Waals surface area (Å²) in [4.78, 5) is 37.9. The molecule has 6 heteroatoms. The minimum absolute atomic E-state index is 0.0666. The summed E-state index contributed by atoms with van der Waals surface area (Å²) in [5, 5.41) is 0. The number of allylic oxidation sites excluding steroid dienone is 2. The fourth-order valence-corrected chi connectivity index (χ4v) is 8.14. The molecule has 0 aromatic rings. The van der Waals surface area contributed by atoms with Gasteiger partial charge in [0.25, 0.3) is 0 Å². The molecule has 0 saturated heterocycles. The number of unbranched alkanes of at least 4 members (excludes halogenated alkanes) is 37. The highest BCUT2D eigenvalue weighted by molar-refractivity contribution is 5.71. The van der Waals surface area contributed by atoms with Crippen LogP contribution in [0.1, 0.15) is 303 Å². The van der Waals surface area contributed by atoms with E-state index >= 15 is 0 Å². The molecule has 0 spiro atoms. The standard InChI is InChI=1S/C55H104O6/c1-4-7-10-13-16-19-21-23-25-27-29-30-32-34-36-39-42-45-48-54(57)60-51-52(50-59-53(56)47-44-41-38-18-15-12-9-6-3)61-55(58)49-46-43-40-37-35-33-31-28-26-24-22-20-17-14-11-8-5-2/h25,27,52H,4-24,26,28-51H2,1-3H3/b27-25-. The van der Waals surface area contributed by atoms with E-state index in [4.69, 9.17) is 14.2 Å². The van der Waals surface area contributed by atoms with Gasteiger partial charge >= 0.3 is 17.9 Å². The quantitative estimate of drug-likeness (QED) is 0.0262. The number of hydrogen-bond acceptors (Lipinski definition) is 6. The lowest BCUT2D eigenvalue weighted by Crippen LogP contribution is -2.30. The Labute approximate surface area is 380 Å². The van der Waals surface area contributed by atoms with Crippen molar-refractivity contribution in [2.45, 2.75) is 309 Å². The van der Waals surface area contributed by atoms with E-state index in [2.05, 4.69) is 32.9 Å². The summed E-state index contributed by atoms with van der Waals surface area (Å²) < 4.78 is 16.8. The van der Waals surface area contributed by atoms with Crippen molar-refractivity contribution in [3.63, 3.8) is 0 Å². The summed E-state index contributed by atoms with van der Waals surface area (Å²) >= 11 is 0. The molecule has 61 heavy (non-hydrogen) atoms. The Morgan fingerprint density at radius 2 is 0.541 bits per heavy atom. The normalized spacial score (nSPS) is 12.0. The Balaban J connectivity index is 4.22. The van der Waals surface area contributed by atoms with Crippen LogP contribution in [0.15, 0.2) is 12.2 Å². The summed E-state index contributed by atoms with van der Waals surface area (Å²) in [5.41, 5.74) is 0. The number of carbonyl (C=O) groups is 3. The molecule has 0 fully saturated rings. The minimum Gasteiger partial charge on any atom is -0.462 e. The molecule has 6 nitrogen and oxygen atoms in total. The highest BCUT2D eigenvalue weighted by Crippen LogP contribution is 2.16. The molecule has 0 heterocycles. The third kappa shape index (κ3) is 49.0. The summed E-state index contributed by atoms with van der Waals surface area (Å²) in [6.07, 6.45) is 56.4. The van der Waals surface area contributed by atoms with Gasteiger partial charge in [-0.1, -0.05) is 251 Å². The van der Waals surface area contributed by atoms with Crippen molar-refractivity contribution in [3.8, 4) is 0 Å². The van der Waals surface area contributed by atoms with Crippen molar-refractivity contribution in [2.24, 2.45) is 0 Å². The van der Waals surface area contributed by atoms with E-state index in [9.17, 15) is 14.4 Å². The first kappa shape index (κ1) is 59.1. The highest BCUT2D eigenvalue weighted by Gasteiger charge is 2.19. The zero-order valence-corrected chi connectivity index (χ0v) is 41.2. The molecule has 0 bridgehead atoms. The maximum atomic E-state index is 12.8. The number of rotatable bonds is 50. The van der Waals surface area contributed by atoms with Crippen LogP contribution in [0.5, 0.6) is 0 Å². The molecule has 0 aliphatic rings. The van der Waals surface area contributed by atoms with E-state index in [0.717, 1.165) is 57.8 Å². The smallest absolute Gasteiger partial charge is 0.306 e. The van der Waals surface area contributed by atoms with Crippen molar-refractivity contribution in [2.75, 3.05) is 13.2 Å². The number of hydrogen-bond donors (Lipinski definition) is 0. The summed E-state index contributed by atoms with van der Waals surface area (Å²) in [7, 11) is 0. The largest absolute Gasteiger partial charge is 0.462 e. The second kappa shape index (κ2) is 50.8. The van der Waals surface area contributed by atoms with Crippen LogP contribution in [0.25, 0.3) is 0 Å². The number of carbonyl (C=O) groups excluding carboxylic acids is 3. The average molecular weight is 861 g/mol. The van der Waals surface area contributed by atoms with Gasteiger partial charge in [0.15, 0.2) is 6.10 Å². The van der Waals surface area contributed by atoms with Crippen LogP contribution in [-0.4, -0.2) is 37.2 Å². The maximum Gasteiger partial charge on any atom is 0.306 e. The van der Waals surface area contributed by atoms with Crippen LogP contribution in [0.4, 0.5) is 0 Å². The average Bonchev–Trinajstić information content (AvgIpc) is 3.26. The first-order valence-corrected chi connectivity index (χ1v) is 27.2. The van der Waals surface area contributed by atoms with Crippen molar-refractivity contribution in [1.29, 1.82) is 0 Å². The van der Waals surface area contributed by atoms with Gasteiger partial charge in [-0.15, -0.1) is 0 Å². The van der Waals surface area contributed by atoms with Crippen molar-refractivity contribution < 1.29 is 28.6 Å². The lowest BCUT2D eigenvalue weighted by molar-refractivity contribution is -0.167. The van der Waals surface area contributed by atoms with Gasteiger partial charge in [0.2, 0.25) is 0 Å². The van der Waals surface area contributed by atoms with E-state index in [0.29, 0.717) is 19.3 Å². The lowest BCUT2D eigenvalue weighted by Gasteiger charge is -2.18. The van der Waals surface area contributed by atoms with E-state index < -0.39 is 6.10 Å². The molecule has 0 rings (SSSR count). The van der Waals surface area contributed by atoms with Crippen LogP contribution < -0.4 is 0 Å². The van der Waals surface area contributed by atoms with Crippen LogP contribution in [0.3, 0.4) is 0 Å². The van der Waals surface area contributed by atoms with E-state index in [1.807, 2.05) is 0 Å². The molecule has 360 valence electrons. The number of ether oxygens (including phenoxy) is 3. The van der Waals surface area contributed by atoms with E-state index in [-0.39, 0.29) is 31.1 Å². The molecule has 0 saturated carbocycles. The van der Waals surface area contributed by atoms with Gasteiger partial charge in [-0.3, -0.25) is 14.4 Å². The fraction of sp³-hybridized carbons (Fsp3) is 0.909. The second-order valence-corrected chi connectivity index (χ2v) is 18.5. The van der Waals surface area contributed by atoms with E-state index in [1.165, 1.54) is 205 Å². The molecular formula is C55H104O6. The van der Waals surface area contributed by atoms with Gasteiger partial charge in [-0.2, -0.15) is 0 Å². The van der Waals surface area contributed by atoms with Crippen molar-refractivity contribution in [3.05, 3.63) is 12.2 Å². The summed E-state index contributed by atoms with van der Waals surface area (Å²) in [5.74, 6) is -0.856. The Morgan fingerprint density at radius 3 is 0.820 bits per heavy atom. The summed E-state index contributed by atoms with van der Waals surface area (Å²) in [6.45, 7) is 6.65. The van der Waals surface area contributed by atoms with Gasteiger partial charge in [0.1, 0.15) is 13.2 Å². The molecule has 0 aromatic carbocycles. The van der Waals surface area contributed by atoms with Crippen LogP contribution in [-0.2, 0) is 28.6 Å². The van der Waals surface area contributed by atoms with Gasteiger partial charge in [-0.25, -0.2) is 0 Å². The second-order valence-electron chi connectivity index (χ2n) is 18.5. The highest BCUT2D eigenvalue weighted by atomic mass is 16.6. The predicted molar refractivity (Wildman–Crippen MR) is 261 cm³/mol. The topological polar surface area (TPSA) is 78.9 Å². The van der Waals surface area contributed by atoms with Gasteiger partial charge in [0.05, 0.1) is 0 Å². The van der Waals surface area contributed by atoms with Crippen LogP contribution in [0, 0.1) is 0 Å². The molecule has 0 aliphatic carbocycles. The molecular weight excluding hydrogens is 757 g/mol. The van der Waals surface area contributed by atoms with Gasteiger partial charge in [-0.05, 0) is 44.9 Å². The van der Waals surface area contributed by atoms with Crippen molar-refractivity contribution >= 4 is 17.9 Å². The van der Waals surface area contributed by atoms with E-state index in [1.54, 1.807) is 0 Å². The molecule has 1 unspecified atom stereocenters. The Bertz CT molecular complexity index is 947. The molecule has 0 amide bonds. The number of esters is 3. The summed E-state index contributed by atoms with van der Waals surface area (Å²) in [6, 6.07) is 0. The zero-order valence-electron chi connectivity index (χ0n) is 41.2. The Morgan fingerprint density at radius 1 is 0.311 bits per heavy atom. The van der Waals surface area contributed by atoms with Crippen molar-refractivity contribution in [1.82, 2.24) is 0 Å². The predicted octanol–water partition coefficient (Wildman–Crippen LogP) is 17.8. The third-order valence-electron chi connectivity index (χ3n) is 12.3. The Kier molecular flexibility index (Phi) is 49.3. The van der Waals surface area contributed by atoms with Gasteiger partial charge in [0, 0.05) is 19.3 Å². The molecule has 0 radical (unpaired) electrons. The maximum absolute atomic E-state index is 12.8. The molecule has 0 aromatic heterocycles. The first-order valence-electron chi connectivity index (χ1n) is 27.2. The fourth-order valence-electron chi connectivity index (χ4n) is 8.14. The van der Waals surface area contributed by atoms with Gasteiger partial charge < -0.3 is 14.2 Å². The third-order valence-corrected chi connectivity index (χ3v) is 12.3. The van der Waals surface area contributed by atoms with Crippen LogP contribution >= 0.6 is 0 Å². The zero-order chi connectivity index (χ0) is 44.4. The van der Waals surface area contributed by atoms with Crippen LogP contribution in [0.2, 0.25) is 0 Å². The first-order chi connectivity index (χ1) is 30.0. The molecule has 0 aliphatic heterocycles. The monoisotopic (exact) mass is 861 g/mol. The molecule has 1 atom stereocenters. The lowest BCUT2D eigenvalue weighted by atomic mass is 10.0.